The van der Waals surface area contributed by atoms with Gasteiger partial charge in [-0.15, -0.1) is 0 Å². The van der Waals surface area contributed by atoms with Crippen LogP contribution in [-0.2, 0) is 12.8 Å². The van der Waals surface area contributed by atoms with Crippen molar-refractivity contribution in [1.82, 2.24) is 4.98 Å². The van der Waals surface area contributed by atoms with Crippen LogP contribution >= 0.6 is 0 Å². The van der Waals surface area contributed by atoms with Gasteiger partial charge in [0.05, 0.1) is 6.61 Å². The molecule has 1 aromatic heterocycles. The number of hydrogen-bond donors (Lipinski definition) is 0. The molecular formula is C21H23NO. The second-order valence-electron chi connectivity index (χ2n) is 5.82. The van der Waals surface area contributed by atoms with E-state index in [-0.39, 0.29) is 0 Å². The summed E-state index contributed by atoms with van der Waals surface area (Å²) < 4.78 is 5.91. The van der Waals surface area contributed by atoms with E-state index in [1.807, 2.05) is 12.1 Å². The molecule has 0 fully saturated rings. The SMILES string of the molecule is CCCCOc1cccc2ccc(CCc3ccccc3)nc12. The van der Waals surface area contributed by atoms with Gasteiger partial charge in [-0.3, -0.25) is 0 Å². The van der Waals surface area contributed by atoms with Gasteiger partial charge in [0.25, 0.3) is 0 Å². The van der Waals surface area contributed by atoms with E-state index in [0.717, 1.165) is 54.6 Å². The maximum atomic E-state index is 5.91. The second kappa shape index (κ2) is 7.77. The van der Waals surface area contributed by atoms with E-state index in [2.05, 4.69) is 55.5 Å². The number of hydrogen-bond acceptors (Lipinski definition) is 2. The molecule has 2 heteroatoms. The molecule has 0 amide bonds. The Labute approximate surface area is 138 Å². The Morgan fingerprint density at radius 3 is 2.57 bits per heavy atom. The van der Waals surface area contributed by atoms with Gasteiger partial charge in [-0.05, 0) is 37.0 Å². The van der Waals surface area contributed by atoms with Crippen molar-refractivity contribution in [2.24, 2.45) is 0 Å². The predicted molar refractivity (Wildman–Crippen MR) is 96.0 cm³/mol. The lowest BCUT2D eigenvalue weighted by molar-refractivity contribution is 0.312. The lowest BCUT2D eigenvalue weighted by Gasteiger charge is -2.09. The molecule has 118 valence electrons. The molecule has 0 atom stereocenters. The summed E-state index contributed by atoms with van der Waals surface area (Å²) in [4.78, 5) is 4.84. The summed E-state index contributed by atoms with van der Waals surface area (Å²) in [5.74, 6) is 0.900. The molecule has 0 unspecified atom stereocenters. The average Bonchev–Trinajstić information content (AvgIpc) is 2.61. The van der Waals surface area contributed by atoms with Crippen LogP contribution in [0.2, 0.25) is 0 Å². The fourth-order valence-electron chi connectivity index (χ4n) is 2.66. The molecule has 0 saturated heterocycles. The molecule has 0 bridgehead atoms. The first-order valence-corrected chi connectivity index (χ1v) is 8.42. The van der Waals surface area contributed by atoms with Gasteiger partial charge in [-0.25, -0.2) is 4.98 Å². The summed E-state index contributed by atoms with van der Waals surface area (Å²) in [6, 6.07) is 21.0. The van der Waals surface area contributed by atoms with E-state index < -0.39 is 0 Å². The van der Waals surface area contributed by atoms with Crippen molar-refractivity contribution in [2.75, 3.05) is 6.61 Å². The number of fused-ring (bicyclic) bond motifs is 1. The normalized spacial score (nSPS) is 10.8. The first-order valence-electron chi connectivity index (χ1n) is 8.42. The zero-order valence-electron chi connectivity index (χ0n) is 13.7. The Hall–Kier alpha value is -2.35. The smallest absolute Gasteiger partial charge is 0.145 e. The number of ether oxygens (including phenoxy) is 1. The highest BCUT2D eigenvalue weighted by Gasteiger charge is 2.05. The first-order chi connectivity index (χ1) is 11.4. The third kappa shape index (κ3) is 4.10. The van der Waals surface area contributed by atoms with Crippen LogP contribution in [0.15, 0.2) is 60.7 Å². The summed E-state index contributed by atoms with van der Waals surface area (Å²) in [5, 5.41) is 1.14. The van der Waals surface area contributed by atoms with Gasteiger partial charge in [-0.1, -0.05) is 61.9 Å². The summed E-state index contributed by atoms with van der Waals surface area (Å²) >= 11 is 0. The van der Waals surface area contributed by atoms with Crippen molar-refractivity contribution in [3.05, 3.63) is 71.9 Å². The average molecular weight is 305 g/mol. The first kappa shape index (κ1) is 15.5. The molecule has 1 heterocycles. The highest BCUT2D eigenvalue weighted by Crippen LogP contribution is 2.24. The fraction of sp³-hybridized carbons (Fsp3) is 0.286. The van der Waals surface area contributed by atoms with E-state index in [4.69, 9.17) is 9.72 Å². The minimum absolute atomic E-state index is 0.755. The number of aromatic nitrogens is 1. The van der Waals surface area contributed by atoms with Crippen LogP contribution in [-0.4, -0.2) is 11.6 Å². The molecule has 3 aromatic rings. The molecule has 0 radical (unpaired) electrons. The van der Waals surface area contributed by atoms with E-state index in [9.17, 15) is 0 Å². The summed E-state index contributed by atoms with van der Waals surface area (Å²) in [5.41, 5.74) is 3.45. The standard InChI is InChI=1S/C21H23NO/c1-2-3-16-23-20-11-7-10-18-13-15-19(22-21(18)20)14-12-17-8-5-4-6-9-17/h4-11,13,15H,2-3,12,14,16H2,1H3. The summed E-state index contributed by atoms with van der Waals surface area (Å²) in [6.45, 7) is 2.93. The van der Waals surface area contributed by atoms with Crippen LogP contribution < -0.4 is 4.74 Å². The molecule has 23 heavy (non-hydrogen) atoms. The molecule has 3 rings (SSSR count). The van der Waals surface area contributed by atoms with Crippen LogP contribution in [0.4, 0.5) is 0 Å². The van der Waals surface area contributed by atoms with Crippen molar-refractivity contribution in [2.45, 2.75) is 32.6 Å². The maximum absolute atomic E-state index is 5.91. The number of pyridine rings is 1. The Kier molecular flexibility index (Phi) is 5.25. The number of aryl methyl sites for hydroxylation is 2. The minimum Gasteiger partial charge on any atom is -0.491 e. The maximum Gasteiger partial charge on any atom is 0.145 e. The van der Waals surface area contributed by atoms with Crippen LogP contribution in [0.5, 0.6) is 5.75 Å². The highest BCUT2D eigenvalue weighted by molar-refractivity contribution is 5.84. The van der Waals surface area contributed by atoms with Gasteiger partial charge in [-0.2, -0.15) is 0 Å². The van der Waals surface area contributed by atoms with E-state index >= 15 is 0 Å². The van der Waals surface area contributed by atoms with Crippen molar-refractivity contribution in [3.63, 3.8) is 0 Å². The minimum atomic E-state index is 0.755. The zero-order valence-corrected chi connectivity index (χ0v) is 13.7. The Morgan fingerprint density at radius 2 is 1.74 bits per heavy atom. The molecule has 0 aliphatic carbocycles. The fourth-order valence-corrected chi connectivity index (χ4v) is 2.66. The molecule has 0 saturated carbocycles. The number of para-hydroxylation sites is 1. The second-order valence-corrected chi connectivity index (χ2v) is 5.82. The van der Waals surface area contributed by atoms with Crippen LogP contribution in [0.25, 0.3) is 10.9 Å². The lowest BCUT2D eigenvalue weighted by atomic mass is 10.1. The van der Waals surface area contributed by atoms with Crippen LogP contribution in [0, 0.1) is 0 Å². The molecular weight excluding hydrogens is 282 g/mol. The van der Waals surface area contributed by atoms with Gasteiger partial charge < -0.3 is 4.74 Å². The van der Waals surface area contributed by atoms with Crippen molar-refractivity contribution in [3.8, 4) is 5.75 Å². The number of nitrogens with zero attached hydrogens (tertiary/aromatic N) is 1. The number of unbranched alkanes of at least 4 members (excludes halogenated alkanes) is 1. The number of rotatable bonds is 7. The molecule has 0 aliphatic rings. The van der Waals surface area contributed by atoms with E-state index in [1.165, 1.54) is 5.56 Å². The largest absolute Gasteiger partial charge is 0.491 e. The highest BCUT2D eigenvalue weighted by atomic mass is 16.5. The summed E-state index contributed by atoms with van der Waals surface area (Å²) in [6.07, 6.45) is 4.17. The molecule has 0 aliphatic heterocycles. The lowest BCUT2D eigenvalue weighted by Crippen LogP contribution is -1.99. The molecule has 2 nitrogen and oxygen atoms in total. The van der Waals surface area contributed by atoms with Crippen molar-refractivity contribution >= 4 is 10.9 Å². The zero-order chi connectivity index (χ0) is 15.9. The van der Waals surface area contributed by atoms with Gasteiger partial charge in [0.1, 0.15) is 11.3 Å². The predicted octanol–water partition coefficient (Wildman–Crippen LogP) is 5.20. The summed E-state index contributed by atoms with van der Waals surface area (Å²) in [7, 11) is 0. The number of benzene rings is 2. The third-order valence-corrected chi connectivity index (χ3v) is 4.01. The van der Waals surface area contributed by atoms with E-state index in [1.54, 1.807) is 0 Å². The van der Waals surface area contributed by atoms with Gasteiger partial charge in [0.15, 0.2) is 0 Å². The Morgan fingerprint density at radius 1 is 0.870 bits per heavy atom. The Balaban J connectivity index is 1.78. The van der Waals surface area contributed by atoms with Crippen LogP contribution in [0.3, 0.4) is 0 Å². The molecule has 0 spiro atoms. The van der Waals surface area contributed by atoms with Gasteiger partial charge in [0.2, 0.25) is 0 Å². The van der Waals surface area contributed by atoms with Crippen molar-refractivity contribution in [1.29, 1.82) is 0 Å². The van der Waals surface area contributed by atoms with E-state index in [0.29, 0.717) is 0 Å². The quantitative estimate of drug-likeness (QED) is 0.560. The van der Waals surface area contributed by atoms with Gasteiger partial charge >= 0.3 is 0 Å². The third-order valence-electron chi connectivity index (χ3n) is 4.01. The topological polar surface area (TPSA) is 22.1 Å². The van der Waals surface area contributed by atoms with Gasteiger partial charge in [0, 0.05) is 11.1 Å². The van der Waals surface area contributed by atoms with Crippen molar-refractivity contribution < 1.29 is 4.74 Å². The van der Waals surface area contributed by atoms with Crippen LogP contribution in [0.1, 0.15) is 31.0 Å². The Bertz CT molecular complexity index is 752. The monoisotopic (exact) mass is 305 g/mol. The molecule has 2 aromatic carbocycles. The molecule has 0 N–H and O–H groups in total.